The van der Waals surface area contributed by atoms with Gasteiger partial charge in [-0.1, -0.05) is 6.92 Å². The summed E-state index contributed by atoms with van der Waals surface area (Å²) in [5.41, 5.74) is 0.578. The zero-order valence-corrected chi connectivity index (χ0v) is 7.71. The van der Waals surface area contributed by atoms with Crippen molar-refractivity contribution in [2.24, 2.45) is 5.92 Å². The fourth-order valence-corrected chi connectivity index (χ4v) is 1.25. The van der Waals surface area contributed by atoms with Gasteiger partial charge in [-0.25, -0.2) is 0 Å². The monoisotopic (exact) mass is 184 g/mol. The molecule has 2 N–H and O–H groups in total. The summed E-state index contributed by atoms with van der Waals surface area (Å²) in [6.45, 7) is 6.47. The zero-order chi connectivity index (χ0) is 9.84. The van der Waals surface area contributed by atoms with Gasteiger partial charge < -0.3 is 10.1 Å². The van der Waals surface area contributed by atoms with Gasteiger partial charge in [0.2, 0.25) is 0 Å². The van der Waals surface area contributed by atoms with Crippen molar-refractivity contribution in [3.63, 3.8) is 0 Å². The number of esters is 1. The smallest absolute Gasteiger partial charge is 0.327 e. The maximum absolute atomic E-state index is 11.2. The molecule has 0 aromatic carbocycles. The van der Waals surface area contributed by atoms with E-state index in [-0.39, 0.29) is 12.4 Å². The van der Waals surface area contributed by atoms with E-state index in [1.165, 1.54) is 0 Å². The molecule has 1 fully saturated rings. The summed E-state index contributed by atoms with van der Waals surface area (Å²) in [7, 11) is 0. The summed E-state index contributed by atoms with van der Waals surface area (Å²) in [4.78, 5) is 22.2. The lowest BCUT2D eigenvalue weighted by atomic mass is 10.0. The Morgan fingerprint density at radius 3 is 2.85 bits per heavy atom. The number of ketones is 1. The van der Waals surface area contributed by atoms with Gasteiger partial charge in [0, 0.05) is 0 Å². The zero-order valence-electron chi connectivity index (χ0n) is 7.71. The van der Waals surface area contributed by atoms with Crippen LogP contribution in [-0.2, 0) is 14.3 Å². The first-order chi connectivity index (χ1) is 6.16. The standard InChI is InChI=1S/C9H13NO3/c1-3-4-10-6(2)8-7(11)5-13-9(8)12/h8,10H,2-5H2,1H3/p+1/t8-/m1/s1. The Hall–Kier alpha value is -1.16. The first-order valence-electron chi connectivity index (χ1n) is 4.38. The predicted molar refractivity (Wildman–Crippen MR) is 45.7 cm³/mol. The second kappa shape index (κ2) is 4.18. The summed E-state index contributed by atoms with van der Waals surface area (Å²) in [6, 6.07) is 0. The van der Waals surface area contributed by atoms with Gasteiger partial charge in [-0.3, -0.25) is 9.59 Å². The average molecular weight is 184 g/mol. The van der Waals surface area contributed by atoms with Gasteiger partial charge in [0.05, 0.1) is 6.54 Å². The molecule has 0 amide bonds. The Morgan fingerprint density at radius 2 is 2.38 bits per heavy atom. The second-order valence-corrected chi connectivity index (χ2v) is 3.07. The van der Waals surface area contributed by atoms with Crippen LogP contribution in [0, 0.1) is 5.92 Å². The number of rotatable bonds is 4. The highest BCUT2D eigenvalue weighted by atomic mass is 16.5. The van der Waals surface area contributed by atoms with Gasteiger partial charge in [-0.2, -0.15) is 0 Å². The Bertz CT molecular complexity index is 231. The van der Waals surface area contributed by atoms with Crippen molar-refractivity contribution in [1.29, 1.82) is 0 Å². The van der Waals surface area contributed by atoms with Crippen LogP contribution in [0.1, 0.15) is 13.3 Å². The molecule has 1 aliphatic rings. The number of cyclic esters (lactones) is 1. The van der Waals surface area contributed by atoms with E-state index in [0.29, 0.717) is 5.70 Å². The molecule has 72 valence electrons. The number of quaternary nitrogens is 1. The maximum Gasteiger partial charge on any atom is 0.327 e. The van der Waals surface area contributed by atoms with Crippen molar-refractivity contribution in [2.45, 2.75) is 13.3 Å². The van der Waals surface area contributed by atoms with Crippen molar-refractivity contribution in [2.75, 3.05) is 13.2 Å². The molecule has 0 aromatic rings. The van der Waals surface area contributed by atoms with Crippen molar-refractivity contribution >= 4 is 11.8 Å². The lowest BCUT2D eigenvalue weighted by Gasteiger charge is -2.04. The van der Waals surface area contributed by atoms with Crippen LogP contribution in [-0.4, -0.2) is 24.9 Å². The Labute approximate surface area is 76.9 Å². The highest BCUT2D eigenvalue weighted by Gasteiger charge is 2.39. The topological polar surface area (TPSA) is 60.0 Å². The number of ether oxygens (including phenoxy) is 1. The largest absolute Gasteiger partial charge is 0.457 e. The number of hydrogen-bond donors (Lipinski definition) is 1. The lowest BCUT2D eigenvalue weighted by molar-refractivity contribution is -0.609. The molecule has 0 spiro atoms. The molecule has 1 saturated heterocycles. The molecule has 0 aromatic heterocycles. The molecule has 1 atom stereocenters. The van der Waals surface area contributed by atoms with E-state index in [1.54, 1.807) is 0 Å². The van der Waals surface area contributed by atoms with E-state index in [0.717, 1.165) is 13.0 Å². The number of Topliss-reactive ketones (excluding diaryl/α,β-unsaturated/α-hetero) is 1. The van der Waals surface area contributed by atoms with E-state index in [9.17, 15) is 9.59 Å². The van der Waals surface area contributed by atoms with Crippen molar-refractivity contribution in [3.8, 4) is 0 Å². The molecular formula is C9H14NO3+. The van der Waals surface area contributed by atoms with Crippen molar-refractivity contribution in [3.05, 3.63) is 12.3 Å². The van der Waals surface area contributed by atoms with Crippen LogP contribution in [0.15, 0.2) is 12.3 Å². The van der Waals surface area contributed by atoms with E-state index in [1.807, 2.05) is 12.2 Å². The molecule has 1 heterocycles. The fraction of sp³-hybridized carbons (Fsp3) is 0.556. The minimum Gasteiger partial charge on any atom is -0.457 e. The third-order valence-electron chi connectivity index (χ3n) is 1.98. The number of hydrogen-bond acceptors (Lipinski definition) is 3. The van der Waals surface area contributed by atoms with Crippen LogP contribution in [0.4, 0.5) is 0 Å². The first-order valence-corrected chi connectivity index (χ1v) is 4.38. The molecule has 0 saturated carbocycles. The maximum atomic E-state index is 11.2. The average Bonchev–Trinajstić information content (AvgIpc) is 2.42. The molecule has 4 heteroatoms. The number of nitrogens with two attached hydrogens (primary N) is 1. The van der Waals surface area contributed by atoms with Gasteiger partial charge in [-0.15, -0.1) is 0 Å². The van der Waals surface area contributed by atoms with Gasteiger partial charge in [0.15, 0.2) is 18.3 Å². The molecule has 0 radical (unpaired) electrons. The lowest BCUT2D eigenvalue weighted by Crippen LogP contribution is -2.83. The molecule has 1 aliphatic heterocycles. The van der Waals surface area contributed by atoms with E-state index < -0.39 is 11.9 Å². The van der Waals surface area contributed by atoms with Crippen LogP contribution in [0.25, 0.3) is 0 Å². The first kappa shape index (κ1) is 9.92. The summed E-state index contributed by atoms with van der Waals surface area (Å²) in [5, 5.41) is 1.83. The van der Waals surface area contributed by atoms with Crippen LogP contribution < -0.4 is 5.32 Å². The quantitative estimate of drug-likeness (QED) is 0.460. The van der Waals surface area contributed by atoms with E-state index in [2.05, 4.69) is 11.3 Å². The minimum atomic E-state index is -0.730. The van der Waals surface area contributed by atoms with E-state index in [4.69, 9.17) is 0 Å². The van der Waals surface area contributed by atoms with Crippen LogP contribution in [0.3, 0.4) is 0 Å². The van der Waals surface area contributed by atoms with Gasteiger partial charge in [0.1, 0.15) is 5.70 Å². The molecule has 0 bridgehead atoms. The Kier molecular flexibility index (Phi) is 3.19. The fourth-order valence-electron chi connectivity index (χ4n) is 1.25. The molecule has 0 aliphatic carbocycles. The second-order valence-electron chi connectivity index (χ2n) is 3.07. The molecular weight excluding hydrogens is 170 g/mol. The van der Waals surface area contributed by atoms with Gasteiger partial charge >= 0.3 is 5.97 Å². The van der Waals surface area contributed by atoms with Gasteiger partial charge in [0.25, 0.3) is 0 Å². The summed E-state index contributed by atoms with van der Waals surface area (Å²) in [5.74, 6) is -1.36. The molecule has 0 unspecified atom stereocenters. The highest BCUT2D eigenvalue weighted by Crippen LogP contribution is 2.13. The third-order valence-corrected chi connectivity index (χ3v) is 1.98. The normalized spacial score (nSPS) is 21.8. The number of carbonyl (C=O) groups excluding carboxylic acids is 2. The summed E-state index contributed by atoms with van der Waals surface area (Å²) in [6.07, 6.45) is 0.981. The highest BCUT2D eigenvalue weighted by molar-refractivity contribution is 6.06. The van der Waals surface area contributed by atoms with Crippen LogP contribution in [0.5, 0.6) is 0 Å². The summed E-state index contributed by atoms with van der Waals surface area (Å²) >= 11 is 0. The van der Waals surface area contributed by atoms with Crippen molar-refractivity contribution < 1.29 is 19.6 Å². The minimum absolute atomic E-state index is 0.0948. The summed E-state index contributed by atoms with van der Waals surface area (Å²) < 4.78 is 4.61. The number of carbonyl (C=O) groups is 2. The SMILES string of the molecule is C=C([NH2+]CCC)[C@@H]1C(=O)COC1=O. The third kappa shape index (κ3) is 2.15. The van der Waals surface area contributed by atoms with Gasteiger partial charge in [-0.05, 0) is 13.0 Å². The Morgan fingerprint density at radius 1 is 1.69 bits per heavy atom. The van der Waals surface area contributed by atoms with Crippen LogP contribution in [0.2, 0.25) is 0 Å². The van der Waals surface area contributed by atoms with Crippen LogP contribution >= 0.6 is 0 Å². The predicted octanol–water partition coefficient (Wildman–Crippen LogP) is -0.784. The Balaban J connectivity index is 2.54. The molecule has 4 nitrogen and oxygen atoms in total. The molecule has 1 rings (SSSR count). The van der Waals surface area contributed by atoms with Crippen molar-refractivity contribution in [1.82, 2.24) is 0 Å². The molecule has 13 heavy (non-hydrogen) atoms. The van der Waals surface area contributed by atoms with E-state index >= 15 is 0 Å².